The van der Waals surface area contributed by atoms with Crippen LogP contribution in [0.15, 0.2) is 0 Å². The first-order valence-corrected chi connectivity index (χ1v) is 6.85. The van der Waals surface area contributed by atoms with E-state index in [1.165, 1.54) is 25.8 Å². The summed E-state index contributed by atoms with van der Waals surface area (Å²) in [5.74, 6) is 0. The van der Waals surface area contributed by atoms with Crippen molar-refractivity contribution >= 4 is 0 Å². The summed E-state index contributed by atoms with van der Waals surface area (Å²) >= 11 is 0. The van der Waals surface area contributed by atoms with Crippen LogP contribution in [-0.2, 0) is 4.74 Å². The van der Waals surface area contributed by atoms with E-state index >= 15 is 0 Å². The number of ether oxygens (including phenoxy) is 1. The minimum absolute atomic E-state index is 0.181. The average Bonchev–Trinajstić information content (AvgIpc) is 2.33. The van der Waals surface area contributed by atoms with Gasteiger partial charge in [0.15, 0.2) is 0 Å². The highest BCUT2D eigenvalue weighted by molar-refractivity contribution is 4.79. The second-order valence-electron chi connectivity index (χ2n) is 5.02. The largest absolute Gasteiger partial charge is 0.393 e. The van der Waals surface area contributed by atoms with E-state index < -0.39 is 0 Å². The van der Waals surface area contributed by atoms with Crippen molar-refractivity contribution < 1.29 is 9.84 Å². The summed E-state index contributed by atoms with van der Waals surface area (Å²) in [6.07, 6.45) is 4.61. The van der Waals surface area contributed by atoms with Gasteiger partial charge in [0.2, 0.25) is 0 Å². The summed E-state index contributed by atoms with van der Waals surface area (Å²) in [6, 6.07) is 0.638. The van der Waals surface area contributed by atoms with Crippen LogP contribution in [0.25, 0.3) is 0 Å². The molecule has 0 saturated carbocycles. The second kappa shape index (κ2) is 8.86. The zero-order chi connectivity index (χ0) is 12.5. The van der Waals surface area contributed by atoms with Gasteiger partial charge in [-0.25, -0.2) is 0 Å². The molecule has 0 amide bonds. The number of aliphatic hydroxyl groups is 1. The molecule has 17 heavy (non-hydrogen) atoms. The minimum atomic E-state index is -0.181. The molecule has 2 N–H and O–H groups in total. The number of aliphatic hydroxyl groups excluding tert-OH is 1. The molecule has 0 aromatic carbocycles. The standard InChI is InChI=1S/C13H28N2O2/c1-12(16)6-9-15-8-4-3-5-13(15)11-14-7-10-17-2/h12-14,16H,3-11H2,1-2H3. The molecule has 102 valence electrons. The maximum Gasteiger partial charge on any atom is 0.0587 e. The van der Waals surface area contributed by atoms with Gasteiger partial charge in [-0.1, -0.05) is 6.42 Å². The molecular formula is C13H28N2O2. The Morgan fingerprint density at radius 1 is 1.47 bits per heavy atom. The summed E-state index contributed by atoms with van der Waals surface area (Å²) < 4.78 is 5.03. The maximum atomic E-state index is 9.36. The van der Waals surface area contributed by atoms with Crippen molar-refractivity contribution in [3.05, 3.63) is 0 Å². The normalized spacial score (nSPS) is 23.8. The lowest BCUT2D eigenvalue weighted by Gasteiger charge is -2.36. The molecule has 1 saturated heterocycles. The van der Waals surface area contributed by atoms with Crippen molar-refractivity contribution in [2.45, 2.75) is 44.8 Å². The van der Waals surface area contributed by atoms with Crippen LogP contribution in [0.2, 0.25) is 0 Å². The van der Waals surface area contributed by atoms with Gasteiger partial charge in [-0.2, -0.15) is 0 Å². The van der Waals surface area contributed by atoms with Crippen molar-refractivity contribution in [2.24, 2.45) is 0 Å². The minimum Gasteiger partial charge on any atom is -0.393 e. The monoisotopic (exact) mass is 244 g/mol. The molecule has 0 aliphatic carbocycles. The Bertz CT molecular complexity index is 188. The van der Waals surface area contributed by atoms with Crippen LogP contribution < -0.4 is 5.32 Å². The molecule has 0 aromatic rings. The number of rotatable bonds is 8. The molecule has 0 spiro atoms. The van der Waals surface area contributed by atoms with E-state index in [1.807, 2.05) is 6.92 Å². The molecule has 1 aliphatic rings. The summed E-state index contributed by atoms with van der Waals surface area (Å²) in [7, 11) is 1.73. The van der Waals surface area contributed by atoms with Gasteiger partial charge in [0.1, 0.15) is 0 Å². The Morgan fingerprint density at radius 3 is 3.00 bits per heavy atom. The Labute approximate surface area is 105 Å². The van der Waals surface area contributed by atoms with Crippen molar-refractivity contribution in [2.75, 3.05) is 39.9 Å². The molecule has 1 heterocycles. The fourth-order valence-corrected chi connectivity index (χ4v) is 2.38. The molecule has 1 aliphatic heterocycles. The number of nitrogens with zero attached hydrogens (tertiary/aromatic N) is 1. The second-order valence-corrected chi connectivity index (χ2v) is 5.02. The fourth-order valence-electron chi connectivity index (χ4n) is 2.38. The maximum absolute atomic E-state index is 9.36. The SMILES string of the molecule is COCCNCC1CCCCN1CCC(C)O. The molecule has 0 bridgehead atoms. The van der Waals surface area contributed by atoms with Crippen molar-refractivity contribution in [3.8, 4) is 0 Å². The molecule has 2 unspecified atom stereocenters. The van der Waals surface area contributed by atoms with Crippen molar-refractivity contribution in [3.63, 3.8) is 0 Å². The predicted molar refractivity (Wildman–Crippen MR) is 70.3 cm³/mol. The number of methoxy groups -OCH3 is 1. The highest BCUT2D eigenvalue weighted by atomic mass is 16.5. The van der Waals surface area contributed by atoms with E-state index in [0.29, 0.717) is 6.04 Å². The van der Waals surface area contributed by atoms with Crippen molar-refractivity contribution in [1.29, 1.82) is 0 Å². The number of likely N-dealkylation sites (tertiary alicyclic amines) is 1. The van der Waals surface area contributed by atoms with Crippen LogP contribution in [0, 0.1) is 0 Å². The quantitative estimate of drug-likeness (QED) is 0.621. The first-order valence-electron chi connectivity index (χ1n) is 6.85. The topological polar surface area (TPSA) is 44.7 Å². The van der Waals surface area contributed by atoms with E-state index in [9.17, 15) is 5.11 Å². The predicted octanol–water partition coefficient (Wildman–Crippen LogP) is 0.848. The zero-order valence-corrected chi connectivity index (χ0v) is 11.3. The molecule has 1 fully saturated rings. The lowest BCUT2D eigenvalue weighted by Crippen LogP contribution is -2.46. The van der Waals surface area contributed by atoms with Gasteiger partial charge in [0.25, 0.3) is 0 Å². The summed E-state index contributed by atoms with van der Waals surface area (Å²) in [5, 5.41) is 12.8. The molecule has 0 aromatic heterocycles. The Morgan fingerprint density at radius 2 is 2.29 bits per heavy atom. The van der Waals surface area contributed by atoms with Gasteiger partial charge in [-0.15, -0.1) is 0 Å². The van der Waals surface area contributed by atoms with Crippen LogP contribution in [0.3, 0.4) is 0 Å². The Hall–Kier alpha value is -0.160. The number of hydrogen-bond donors (Lipinski definition) is 2. The molecule has 4 heteroatoms. The van der Waals surface area contributed by atoms with Gasteiger partial charge in [-0.05, 0) is 32.7 Å². The lowest BCUT2D eigenvalue weighted by molar-refractivity contribution is 0.108. The summed E-state index contributed by atoms with van der Waals surface area (Å²) in [4.78, 5) is 2.52. The Kier molecular flexibility index (Phi) is 7.77. The van der Waals surface area contributed by atoms with Gasteiger partial charge in [-0.3, -0.25) is 4.90 Å². The van der Waals surface area contributed by atoms with Crippen LogP contribution in [0.1, 0.15) is 32.6 Å². The van der Waals surface area contributed by atoms with Gasteiger partial charge in [0, 0.05) is 32.8 Å². The third-order valence-corrected chi connectivity index (χ3v) is 3.45. The van der Waals surface area contributed by atoms with Gasteiger partial charge in [0.05, 0.1) is 12.7 Å². The summed E-state index contributed by atoms with van der Waals surface area (Å²) in [6.45, 7) is 6.83. The van der Waals surface area contributed by atoms with E-state index in [2.05, 4.69) is 10.2 Å². The van der Waals surface area contributed by atoms with Gasteiger partial charge < -0.3 is 15.2 Å². The molecular weight excluding hydrogens is 216 g/mol. The number of nitrogens with one attached hydrogen (secondary N) is 1. The average molecular weight is 244 g/mol. The number of hydrogen-bond acceptors (Lipinski definition) is 4. The molecule has 0 radical (unpaired) electrons. The smallest absolute Gasteiger partial charge is 0.0587 e. The van der Waals surface area contributed by atoms with Crippen molar-refractivity contribution in [1.82, 2.24) is 10.2 Å². The lowest BCUT2D eigenvalue weighted by atomic mass is 10.0. The highest BCUT2D eigenvalue weighted by Gasteiger charge is 2.21. The first-order chi connectivity index (χ1) is 8.24. The fraction of sp³-hybridized carbons (Fsp3) is 1.00. The summed E-state index contributed by atoms with van der Waals surface area (Å²) in [5.41, 5.74) is 0. The van der Waals surface area contributed by atoms with Crippen LogP contribution in [0.4, 0.5) is 0 Å². The van der Waals surface area contributed by atoms with Crippen LogP contribution in [-0.4, -0.2) is 62.0 Å². The number of piperidine rings is 1. The van der Waals surface area contributed by atoms with E-state index in [0.717, 1.165) is 32.7 Å². The van der Waals surface area contributed by atoms with E-state index in [1.54, 1.807) is 7.11 Å². The van der Waals surface area contributed by atoms with Crippen LogP contribution in [0.5, 0.6) is 0 Å². The highest BCUT2D eigenvalue weighted by Crippen LogP contribution is 2.16. The van der Waals surface area contributed by atoms with E-state index in [4.69, 9.17) is 4.74 Å². The molecule has 1 rings (SSSR count). The van der Waals surface area contributed by atoms with Gasteiger partial charge >= 0.3 is 0 Å². The first kappa shape index (κ1) is 14.9. The van der Waals surface area contributed by atoms with E-state index in [-0.39, 0.29) is 6.10 Å². The molecule has 2 atom stereocenters. The Balaban J connectivity index is 2.22. The third-order valence-electron chi connectivity index (χ3n) is 3.45. The third kappa shape index (κ3) is 6.36. The molecule has 4 nitrogen and oxygen atoms in total. The zero-order valence-electron chi connectivity index (χ0n) is 11.3. The van der Waals surface area contributed by atoms with Crippen LogP contribution >= 0.6 is 0 Å².